The number of nitrogens with zero attached hydrogens (tertiary/aromatic N) is 1. The van der Waals surface area contributed by atoms with Gasteiger partial charge >= 0.3 is 0 Å². The lowest BCUT2D eigenvalue weighted by atomic mass is 10.1. The molecule has 0 aliphatic carbocycles. The van der Waals surface area contributed by atoms with Crippen molar-refractivity contribution in [2.45, 2.75) is 58.5 Å². The van der Waals surface area contributed by atoms with Crippen molar-refractivity contribution in [3.63, 3.8) is 0 Å². The molecule has 0 spiro atoms. The molecule has 0 aromatic heterocycles. The zero-order valence-electron chi connectivity index (χ0n) is 11.8. The predicted octanol–water partition coefficient (Wildman–Crippen LogP) is 1.35. The summed E-state index contributed by atoms with van der Waals surface area (Å²) in [6, 6.07) is 0.626. The van der Waals surface area contributed by atoms with E-state index in [9.17, 15) is 4.79 Å². The molecule has 1 amide bonds. The Balaban J connectivity index is 4.16. The Bertz CT molecular complexity index is 209. The van der Waals surface area contributed by atoms with Gasteiger partial charge in [-0.25, -0.2) is 0 Å². The molecule has 2 unspecified atom stereocenters. The lowest BCUT2D eigenvalue weighted by Crippen LogP contribution is -2.45. The maximum Gasteiger partial charge on any atom is 0.221 e. The van der Waals surface area contributed by atoms with E-state index < -0.39 is 0 Å². The second-order valence-corrected chi connectivity index (χ2v) is 4.75. The van der Waals surface area contributed by atoms with Crippen molar-refractivity contribution in [3.05, 3.63) is 0 Å². The maximum atomic E-state index is 11.7. The van der Waals surface area contributed by atoms with E-state index in [1.165, 1.54) is 0 Å². The number of hydrogen-bond donors (Lipinski definition) is 2. The van der Waals surface area contributed by atoms with Gasteiger partial charge in [0.15, 0.2) is 0 Å². The summed E-state index contributed by atoms with van der Waals surface area (Å²) in [4.78, 5) is 13.9. The average Bonchev–Trinajstić information content (AvgIpc) is 2.32. The monoisotopic (exact) mass is 243 g/mol. The van der Waals surface area contributed by atoms with E-state index in [0.717, 1.165) is 25.8 Å². The molecule has 4 heteroatoms. The highest BCUT2D eigenvalue weighted by molar-refractivity contribution is 5.76. The number of nitrogens with two attached hydrogens (primary N) is 1. The minimum atomic E-state index is 0.109. The van der Waals surface area contributed by atoms with Gasteiger partial charge in [0.2, 0.25) is 5.91 Å². The number of carbonyl (C=O) groups is 1. The summed E-state index contributed by atoms with van der Waals surface area (Å²) in [5, 5.41) is 2.90. The quantitative estimate of drug-likeness (QED) is 0.643. The van der Waals surface area contributed by atoms with E-state index in [4.69, 9.17) is 5.73 Å². The fourth-order valence-corrected chi connectivity index (χ4v) is 1.93. The van der Waals surface area contributed by atoms with Crippen LogP contribution < -0.4 is 11.1 Å². The molecule has 0 aliphatic heterocycles. The fraction of sp³-hybridized carbons (Fsp3) is 0.923. The van der Waals surface area contributed by atoms with E-state index in [-0.39, 0.29) is 11.9 Å². The summed E-state index contributed by atoms with van der Waals surface area (Å²) in [5.74, 6) is 0.109. The molecule has 0 saturated heterocycles. The first-order valence-corrected chi connectivity index (χ1v) is 6.75. The minimum absolute atomic E-state index is 0.109. The maximum absolute atomic E-state index is 11.7. The molecular weight excluding hydrogens is 214 g/mol. The third-order valence-electron chi connectivity index (χ3n) is 3.24. The van der Waals surface area contributed by atoms with Crippen molar-refractivity contribution in [1.29, 1.82) is 0 Å². The minimum Gasteiger partial charge on any atom is -0.356 e. The molecule has 17 heavy (non-hydrogen) atoms. The molecule has 3 N–H and O–H groups in total. The normalized spacial score (nSPS) is 14.7. The molecule has 0 aromatic carbocycles. The number of amides is 1. The van der Waals surface area contributed by atoms with Crippen molar-refractivity contribution in [2.24, 2.45) is 5.73 Å². The van der Waals surface area contributed by atoms with Gasteiger partial charge in [-0.15, -0.1) is 0 Å². The highest BCUT2D eigenvalue weighted by atomic mass is 16.1. The van der Waals surface area contributed by atoms with Gasteiger partial charge in [-0.1, -0.05) is 20.3 Å². The fourth-order valence-electron chi connectivity index (χ4n) is 1.93. The number of rotatable bonds is 9. The Morgan fingerprint density at radius 1 is 1.35 bits per heavy atom. The number of hydrogen-bond acceptors (Lipinski definition) is 3. The van der Waals surface area contributed by atoms with Crippen LogP contribution in [0.3, 0.4) is 0 Å². The molecule has 0 fully saturated rings. The predicted molar refractivity (Wildman–Crippen MR) is 72.9 cm³/mol. The summed E-state index contributed by atoms with van der Waals surface area (Å²) in [5.41, 5.74) is 5.76. The van der Waals surface area contributed by atoms with Gasteiger partial charge in [-0.3, -0.25) is 9.69 Å². The zero-order chi connectivity index (χ0) is 13.3. The number of likely N-dealkylation sites (N-methyl/N-ethyl adjacent to an activating group) is 1. The van der Waals surface area contributed by atoms with Gasteiger partial charge in [0.05, 0.1) is 0 Å². The van der Waals surface area contributed by atoms with E-state index in [1.807, 2.05) is 0 Å². The molecule has 4 nitrogen and oxygen atoms in total. The van der Waals surface area contributed by atoms with Crippen molar-refractivity contribution in [1.82, 2.24) is 10.2 Å². The van der Waals surface area contributed by atoms with Crippen LogP contribution in [0.1, 0.15) is 46.5 Å². The largest absolute Gasteiger partial charge is 0.356 e. The first-order chi connectivity index (χ1) is 8.06. The summed E-state index contributed by atoms with van der Waals surface area (Å²) in [6.07, 6.45) is 3.77. The van der Waals surface area contributed by atoms with Crippen LogP contribution in [-0.2, 0) is 4.79 Å². The molecule has 0 saturated carbocycles. The highest BCUT2D eigenvalue weighted by Crippen LogP contribution is 2.10. The van der Waals surface area contributed by atoms with Crippen LogP contribution in [0, 0.1) is 0 Å². The van der Waals surface area contributed by atoms with Gasteiger partial charge in [0.1, 0.15) is 0 Å². The number of carbonyl (C=O) groups excluding carboxylic acids is 1. The van der Waals surface area contributed by atoms with Crippen LogP contribution in [0.2, 0.25) is 0 Å². The molecule has 2 atom stereocenters. The third kappa shape index (κ3) is 6.64. The van der Waals surface area contributed by atoms with Gasteiger partial charge in [0, 0.05) is 31.6 Å². The molecule has 0 rings (SSSR count). The van der Waals surface area contributed by atoms with Crippen molar-refractivity contribution >= 4 is 5.91 Å². The SMILES string of the molecule is CCCNC(=O)CC(CN)N(C)C(C)CCC. The van der Waals surface area contributed by atoms with Crippen LogP contribution in [0.25, 0.3) is 0 Å². The summed E-state index contributed by atoms with van der Waals surface area (Å²) in [6.45, 7) is 7.70. The summed E-state index contributed by atoms with van der Waals surface area (Å²) < 4.78 is 0. The van der Waals surface area contributed by atoms with Gasteiger partial charge in [-0.2, -0.15) is 0 Å². The zero-order valence-corrected chi connectivity index (χ0v) is 11.8. The van der Waals surface area contributed by atoms with Crippen molar-refractivity contribution < 1.29 is 4.79 Å². The summed E-state index contributed by atoms with van der Waals surface area (Å²) in [7, 11) is 2.06. The summed E-state index contributed by atoms with van der Waals surface area (Å²) >= 11 is 0. The van der Waals surface area contributed by atoms with Crippen molar-refractivity contribution in [3.8, 4) is 0 Å². The Hall–Kier alpha value is -0.610. The molecular formula is C13H29N3O. The van der Waals surface area contributed by atoms with E-state index >= 15 is 0 Å². The average molecular weight is 243 g/mol. The van der Waals surface area contributed by atoms with E-state index in [2.05, 4.69) is 38.0 Å². The Kier molecular flexibility index (Phi) is 9.09. The van der Waals surface area contributed by atoms with Crippen LogP contribution in [0.5, 0.6) is 0 Å². The molecule has 102 valence electrons. The molecule has 0 heterocycles. The lowest BCUT2D eigenvalue weighted by Gasteiger charge is -2.32. The second-order valence-electron chi connectivity index (χ2n) is 4.75. The lowest BCUT2D eigenvalue weighted by molar-refractivity contribution is -0.122. The first kappa shape index (κ1) is 16.4. The number of nitrogens with one attached hydrogen (secondary N) is 1. The van der Waals surface area contributed by atoms with Gasteiger partial charge < -0.3 is 11.1 Å². The Labute approximate surface area is 106 Å². The standard InChI is InChI=1S/C13H29N3O/c1-5-7-11(3)16(4)12(10-14)9-13(17)15-8-6-2/h11-12H,5-10,14H2,1-4H3,(H,15,17). The van der Waals surface area contributed by atoms with Crippen LogP contribution >= 0.6 is 0 Å². The second kappa shape index (κ2) is 9.42. The molecule has 0 bridgehead atoms. The molecule has 0 radical (unpaired) electrons. The van der Waals surface area contributed by atoms with E-state index in [1.54, 1.807) is 0 Å². The molecule has 0 aromatic rings. The van der Waals surface area contributed by atoms with Crippen LogP contribution in [0.4, 0.5) is 0 Å². The Morgan fingerprint density at radius 3 is 2.47 bits per heavy atom. The topological polar surface area (TPSA) is 58.4 Å². The highest BCUT2D eigenvalue weighted by Gasteiger charge is 2.20. The van der Waals surface area contributed by atoms with Crippen LogP contribution in [0.15, 0.2) is 0 Å². The molecule has 0 aliphatic rings. The van der Waals surface area contributed by atoms with Gasteiger partial charge in [0.25, 0.3) is 0 Å². The Morgan fingerprint density at radius 2 is 2.00 bits per heavy atom. The van der Waals surface area contributed by atoms with Crippen molar-refractivity contribution in [2.75, 3.05) is 20.1 Å². The third-order valence-corrected chi connectivity index (χ3v) is 3.24. The smallest absolute Gasteiger partial charge is 0.221 e. The van der Waals surface area contributed by atoms with Crippen LogP contribution in [-0.4, -0.2) is 43.0 Å². The first-order valence-electron chi connectivity index (χ1n) is 6.75. The van der Waals surface area contributed by atoms with Gasteiger partial charge in [-0.05, 0) is 26.8 Å². The van der Waals surface area contributed by atoms with E-state index in [0.29, 0.717) is 19.0 Å².